The molecule has 160 valence electrons. The zero-order chi connectivity index (χ0) is 22.0. The summed E-state index contributed by atoms with van der Waals surface area (Å²) in [5.41, 5.74) is 3.54. The van der Waals surface area contributed by atoms with Gasteiger partial charge in [0.05, 0.1) is 18.2 Å². The van der Waals surface area contributed by atoms with E-state index in [9.17, 15) is 18.0 Å². The molecule has 1 heterocycles. The summed E-state index contributed by atoms with van der Waals surface area (Å²) in [6, 6.07) is 15.5. The van der Waals surface area contributed by atoms with Gasteiger partial charge in [-0.1, -0.05) is 24.3 Å². The molecule has 1 amide bonds. The van der Waals surface area contributed by atoms with Crippen molar-refractivity contribution in [2.45, 2.75) is 19.1 Å². The van der Waals surface area contributed by atoms with Crippen LogP contribution >= 0.6 is 0 Å². The van der Waals surface area contributed by atoms with Gasteiger partial charge in [-0.3, -0.25) is 4.79 Å². The summed E-state index contributed by atoms with van der Waals surface area (Å²) in [5, 5.41) is 6.22. The van der Waals surface area contributed by atoms with E-state index < -0.39 is 11.7 Å². The van der Waals surface area contributed by atoms with Gasteiger partial charge < -0.3 is 15.4 Å². The van der Waals surface area contributed by atoms with Gasteiger partial charge in [0.1, 0.15) is 5.75 Å². The van der Waals surface area contributed by atoms with Crippen molar-refractivity contribution in [2.24, 2.45) is 0 Å². The lowest BCUT2D eigenvalue weighted by molar-refractivity contribution is -0.137. The van der Waals surface area contributed by atoms with Crippen LogP contribution in [-0.4, -0.2) is 19.6 Å². The molecule has 2 N–H and O–H groups in total. The first kappa shape index (κ1) is 20.9. The molecule has 4 rings (SSSR count). The summed E-state index contributed by atoms with van der Waals surface area (Å²) >= 11 is 0. The average molecular weight is 426 g/mol. The van der Waals surface area contributed by atoms with Crippen molar-refractivity contribution in [2.75, 3.05) is 19.0 Å². The molecule has 0 atom stereocenters. The maximum Gasteiger partial charge on any atom is 0.416 e. The average Bonchev–Trinajstić information content (AvgIpc) is 2.78. The van der Waals surface area contributed by atoms with Crippen LogP contribution in [0.25, 0.3) is 11.1 Å². The summed E-state index contributed by atoms with van der Waals surface area (Å²) in [6.07, 6.45) is -3.55. The highest BCUT2D eigenvalue weighted by molar-refractivity contribution is 6.09. The molecule has 0 saturated carbocycles. The Balaban J connectivity index is 1.68. The summed E-state index contributed by atoms with van der Waals surface area (Å²) in [6.45, 7) is 1.69. The lowest BCUT2D eigenvalue weighted by atomic mass is 9.96. The molecule has 0 bridgehead atoms. The Morgan fingerprint density at radius 3 is 2.52 bits per heavy atom. The van der Waals surface area contributed by atoms with Crippen molar-refractivity contribution >= 4 is 11.6 Å². The first-order valence-electron chi connectivity index (χ1n) is 9.85. The highest BCUT2D eigenvalue weighted by atomic mass is 19.4. The Hall–Kier alpha value is -3.32. The highest BCUT2D eigenvalue weighted by Gasteiger charge is 2.30. The second kappa shape index (κ2) is 8.43. The van der Waals surface area contributed by atoms with Gasteiger partial charge in [-0.2, -0.15) is 13.2 Å². The Bertz CT molecular complexity index is 1110. The highest BCUT2D eigenvalue weighted by Crippen LogP contribution is 2.36. The van der Waals surface area contributed by atoms with Gasteiger partial charge in [0.15, 0.2) is 0 Å². The molecule has 3 aromatic carbocycles. The maximum atomic E-state index is 13.1. The number of ether oxygens (including phenoxy) is 1. The third-order valence-corrected chi connectivity index (χ3v) is 5.34. The van der Waals surface area contributed by atoms with E-state index in [4.69, 9.17) is 4.74 Å². The number of alkyl halides is 3. The van der Waals surface area contributed by atoms with Gasteiger partial charge in [-0.25, -0.2) is 0 Å². The fraction of sp³-hybridized carbons (Fsp3) is 0.208. The Morgan fingerprint density at radius 2 is 1.81 bits per heavy atom. The first-order chi connectivity index (χ1) is 14.9. The van der Waals surface area contributed by atoms with Crippen molar-refractivity contribution < 1.29 is 22.7 Å². The van der Waals surface area contributed by atoms with E-state index >= 15 is 0 Å². The van der Waals surface area contributed by atoms with Gasteiger partial charge in [0.25, 0.3) is 5.91 Å². The minimum atomic E-state index is -4.43. The number of halogens is 3. The second-order valence-corrected chi connectivity index (χ2v) is 7.32. The van der Waals surface area contributed by atoms with Crippen LogP contribution in [0, 0.1) is 0 Å². The van der Waals surface area contributed by atoms with Crippen molar-refractivity contribution in [1.82, 2.24) is 5.32 Å². The fourth-order valence-electron chi connectivity index (χ4n) is 3.77. The predicted octanol–water partition coefficient (Wildman–Crippen LogP) is 5.28. The van der Waals surface area contributed by atoms with Crippen LogP contribution < -0.4 is 15.4 Å². The van der Waals surface area contributed by atoms with Crippen LogP contribution in [0.5, 0.6) is 5.75 Å². The molecule has 0 fully saturated rings. The predicted molar refractivity (Wildman–Crippen MR) is 113 cm³/mol. The molecule has 4 nitrogen and oxygen atoms in total. The number of nitrogens with one attached hydrogen (secondary N) is 2. The number of hydrogen-bond donors (Lipinski definition) is 2. The number of hydrogen-bond acceptors (Lipinski definition) is 3. The summed E-state index contributed by atoms with van der Waals surface area (Å²) in [7, 11) is 1.46. The Morgan fingerprint density at radius 1 is 1.03 bits per heavy atom. The van der Waals surface area contributed by atoms with Crippen LogP contribution in [0.4, 0.5) is 18.9 Å². The van der Waals surface area contributed by atoms with Crippen molar-refractivity contribution in [1.29, 1.82) is 0 Å². The van der Waals surface area contributed by atoms with E-state index in [0.717, 1.165) is 31.6 Å². The second-order valence-electron chi connectivity index (χ2n) is 7.32. The summed E-state index contributed by atoms with van der Waals surface area (Å²) < 4.78 is 44.2. The number of carbonyl (C=O) groups excluding carboxylic acids is 1. The lowest BCUT2D eigenvalue weighted by Crippen LogP contribution is -2.23. The molecule has 0 aromatic heterocycles. The molecule has 0 spiro atoms. The van der Waals surface area contributed by atoms with Gasteiger partial charge in [0.2, 0.25) is 0 Å². The SMILES string of the molecule is COc1cccc(C(=O)Nc2ccc3c(c2)CCNC3)c1-c1ccc(C(F)(F)F)cc1. The van der Waals surface area contributed by atoms with Crippen LogP contribution in [0.1, 0.15) is 27.0 Å². The van der Waals surface area contributed by atoms with Crippen LogP contribution in [0.3, 0.4) is 0 Å². The summed E-state index contributed by atoms with van der Waals surface area (Å²) in [4.78, 5) is 13.1. The van der Waals surface area contributed by atoms with Crippen molar-refractivity contribution in [3.8, 4) is 16.9 Å². The zero-order valence-electron chi connectivity index (χ0n) is 16.8. The van der Waals surface area contributed by atoms with Crippen LogP contribution in [0.2, 0.25) is 0 Å². The number of carbonyl (C=O) groups is 1. The molecule has 0 radical (unpaired) electrons. The van der Waals surface area contributed by atoms with E-state index in [-0.39, 0.29) is 5.91 Å². The van der Waals surface area contributed by atoms with E-state index in [0.29, 0.717) is 28.1 Å². The number of fused-ring (bicyclic) bond motifs is 1. The van der Waals surface area contributed by atoms with E-state index in [1.54, 1.807) is 18.2 Å². The van der Waals surface area contributed by atoms with Gasteiger partial charge >= 0.3 is 6.18 Å². The summed E-state index contributed by atoms with van der Waals surface area (Å²) in [5.74, 6) is 0.0478. The van der Waals surface area contributed by atoms with Crippen molar-refractivity contribution in [3.05, 3.63) is 82.9 Å². The molecule has 0 unspecified atom stereocenters. The van der Waals surface area contributed by atoms with Gasteiger partial charge in [-0.15, -0.1) is 0 Å². The number of amides is 1. The zero-order valence-corrected chi connectivity index (χ0v) is 16.8. The molecular formula is C24H21F3N2O2. The van der Waals surface area contributed by atoms with E-state index in [1.165, 1.54) is 30.4 Å². The lowest BCUT2D eigenvalue weighted by Gasteiger charge is -2.19. The smallest absolute Gasteiger partial charge is 0.416 e. The Kier molecular flexibility index (Phi) is 5.69. The quantitative estimate of drug-likeness (QED) is 0.597. The van der Waals surface area contributed by atoms with Crippen LogP contribution in [0.15, 0.2) is 60.7 Å². The molecule has 1 aliphatic rings. The van der Waals surface area contributed by atoms with Crippen molar-refractivity contribution in [3.63, 3.8) is 0 Å². The third-order valence-electron chi connectivity index (χ3n) is 5.34. The number of anilines is 1. The largest absolute Gasteiger partial charge is 0.496 e. The molecule has 0 aliphatic carbocycles. The minimum Gasteiger partial charge on any atom is -0.496 e. The van der Waals surface area contributed by atoms with Crippen LogP contribution in [-0.2, 0) is 19.1 Å². The number of benzene rings is 3. The first-order valence-corrected chi connectivity index (χ1v) is 9.85. The third kappa shape index (κ3) is 4.41. The van der Waals surface area contributed by atoms with Gasteiger partial charge in [0, 0.05) is 17.8 Å². The molecule has 7 heteroatoms. The fourth-order valence-corrected chi connectivity index (χ4v) is 3.77. The minimum absolute atomic E-state index is 0.318. The molecule has 3 aromatic rings. The number of methoxy groups -OCH3 is 1. The molecule has 31 heavy (non-hydrogen) atoms. The monoisotopic (exact) mass is 426 g/mol. The normalized spacial score (nSPS) is 13.4. The standard InChI is InChI=1S/C24H21F3N2O2/c1-31-21-4-2-3-20(22(21)15-5-8-18(9-6-15)24(25,26)27)23(30)29-19-10-7-17-14-28-12-11-16(17)13-19/h2-10,13,28H,11-12,14H2,1H3,(H,29,30). The van der Waals surface area contributed by atoms with Gasteiger partial charge in [-0.05, 0) is 66.1 Å². The molecular weight excluding hydrogens is 405 g/mol. The Labute approximate surface area is 178 Å². The number of rotatable bonds is 4. The maximum absolute atomic E-state index is 13.1. The molecule has 0 saturated heterocycles. The van der Waals surface area contributed by atoms with E-state index in [1.807, 2.05) is 18.2 Å². The topological polar surface area (TPSA) is 50.4 Å². The molecule has 1 aliphatic heterocycles. The van der Waals surface area contributed by atoms with E-state index in [2.05, 4.69) is 10.6 Å².